The van der Waals surface area contributed by atoms with E-state index in [0.717, 1.165) is 0 Å². The van der Waals surface area contributed by atoms with Gasteiger partial charge in [0.25, 0.3) is 0 Å². The SMILES string of the molecule is C=O.C=O.C=O.CCP(CC)CC.CCP(CC)CC.CCP(CC)CC.[W]. The minimum atomic E-state index is 0. The Morgan fingerprint density at radius 3 is 0.429 bits per heavy atom. The third kappa shape index (κ3) is 50.6. The first-order chi connectivity index (χ1) is 13.0. The van der Waals surface area contributed by atoms with Gasteiger partial charge < -0.3 is 14.4 Å². The summed E-state index contributed by atoms with van der Waals surface area (Å²) < 4.78 is 0. The first-order valence-electron chi connectivity index (χ1n) is 10.1. The number of hydrogen-bond acceptors (Lipinski definition) is 3. The van der Waals surface area contributed by atoms with E-state index in [1.165, 1.54) is 55.5 Å². The first kappa shape index (κ1) is 47.0. The van der Waals surface area contributed by atoms with E-state index in [1.807, 2.05) is 20.4 Å². The summed E-state index contributed by atoms with van der Waals surface area (Å²) >= 11 is 0. The van der Waals surface area contributed by atoms with Crippen molar-refractivity contribution >= 4 is 44.1 Å². The molecule has 0 aliphatic heterocycles. The summed E-state index contributed by atoms with van der Waals surface area (Å²) in [6, 6.07) is 0. The van der Waals surface area contributed by atoms with Crippen LogP contribution in [0, 0.1) is 0 Å². The van der Waals surface area contributed by atoms with Crippen LogP contribution in [0.3, 0.4) is 0 Å². The molecule has 0 aliphatic rings. The van der Waals surface area contributed by atoms with Gasteiger partial charge in [-0.15, -0.1) is 23.8 Å². The quantitative estimate of drug-likeness (QED) is 0.258. The molecule has 0 bridgehead atoms. The summed E-state index contributed by atoms with van der Waals surface area (Å²) in [5.41, 5.74) is 0. The zero-order chi connectivity index (χ0) is 23.1. The van der Waals surface area contributed by atoms with Gasteiger partial charge in [-0.3, -0.25) is 0 Å². The van der Waals surface area contributed by atoms with Crippen LogP contribution in [0.25, 0.3) is 0 Å². The van der Waals surface area contributed by atoms with Crippen LogP contribution in [0.4, 0.5) is 0 Å². The maximum absolute atomic E-state index is 8.00. The minimum absolute atomic E-state index is 0. The van der Waals surface area contributed by atoms with Crippen molar-refractivity contribution in [3.63, 3.8) is 0 Å². The number of carbonyl (C=O) groups is 3. The van der Waals surface area contributed by atoms with Crippen LogP contribution in [0.15, 0.2) is 0 Å². The number of hydrogen-bond donors (Lipinski definition) is 0. The predicted molar refractivity (Wildman–Crippen MR) is 137 cm³/mol. The largest absolute Gasteiger partial charge is 0.307 e. The molecule has 0 heterocycles. The molecule has 174 valence electrons. The average molecular weight is 628 g/mol. The van der Waals surface area contributed by atoms with Gasteiger partial charge in [-0.1, -0.05) is 62.3 Å². The van der Waals surface area contributed by atoms with E-state index in [-0.39, 0.29) is 21.1 Å². The number of rotatable bonds is 9. The van der Waals surface area contributed by atoms with Crippen LogP contribution in [-0.2, 0) is 35.4 Å². The third-order valence-electron chi connectivity index (χ3n) is 4.02. The molecule has 0 N–H and O–H groups in total. The topological polar surface area (TPSA) is 51.2 Å². The minimum Gasteiger partial charge on any atom is -0.307 e. The van der Waals surface area contributed by atoms with E-state index in [0.29, 0.717) is 23.8 Å². The second-order valence-corrected chi connectivity index (χ2v) is 14.6. The van der Waals surface area contributed by atoms with Crippen molar-refractivity contribution in [2.75, 3.05) is 55.5 Å². The molecule has 0 aliphatic carbocycles. The normalized spacial score (nSPS) is 8.14. The van der Waals surface area contributed by atoms with Crippen molar-refractivity contribution in [2.45, 2.75) is 62.3 Å². The van der Waals surface area contributed by atoms with Crippen LogP contribution in [0.1, 0.15) is 62.3 Å². The molecule has 0 aromatic heterocycles. The maximum atomic E-state index is 8.00. The Balaban J connectivity index is -0.0000000408. The Labute approximate surface area is 196 Å². The zero-order valence-corrected chi connectivity index (χ0v) is 26.1. The van der Waals surface area contributed by atoms with E-state index in [4.69, 9.17) is 14.4 Å². The molecule has 0 aromatic carbocycles. The molecule has 28 heavy (non-hydrogen) atoms. The van der Waals surface area contributed by atoms with E-state index in [2.05, 4.69) is 62.3 Å². The van der Waals surface area contributed by atoms with Gasteiger partial charge in [-0.25, -0.2) is 0 Å². The fourth-order valence-corrected chi connectivity index (χ4v) is 6.04. The summed E-state index contributed by atoms with van der Waals surface area (Å²) in [6.07, 6.45) is 12.8. The molecule has 0 rings (SSSR count). The van der Waals surface area contributed by atoms with Crippen LogP contribution in [0.5, 0.6) is 0 Å². The van der Waals surface area contributed by atoms with Gasteiger partial charge in [0.15, 0.2) is 0 Å². The zero-order valence-electron chi connectivity index (χ0n) is 20.5. The van der Waals surface area contributed by atoms with E-state index < -0.39 is 0 Å². The molecule has 0 amide bonds. The second-order valence-electron chi connectivity index (χ2n) is 4.86. The third-order valence-corrected chi connectivity index (χ3v) is 12.1. The predicted octanol–water partition coefficient (Wildman–Crippen LogP) is 7.03. The molecule has 0 atom stereocenters. The fraction of sp³-hybridized carbons (Fsp3) is 0.857. The summed E-state index contributed by atoms with van der Waals surface area (Å²) in [6.45, 7) is 26.6. The second kappa shape index (κ2) is 56.5. The molecule has 0 aromatic rings. The molecule has 3 nitrogen and oxygen atoms in total. The Morgan fingerprint density at radius 1 is 0.357 bits per heavy atom. The van der Waals surface area contributed by atoms with Crippen molar-refractivity contribution < 1.29 is 35.4 Å². The van der Waals surface area contributed by atoms with Crippen molar-refractivity contribution in [3.05, 3.63) is 0 Å². The summed E-state index contributed by atoms with van der Waals surface area (Å²) in [4.78, 5) is 24.0. The van der Waals surface area contributed by atoms with Gasteiger partial charge in [0, 0.05) is 21.1 Å². The molecular weight excluding hydrogens is 577 g/mol. The first-order valence-corrected chi connectivity index (χ1v) is 15.8. The molecule has 0 saturated heterocycles. The van der Waals surface area contributed by atoms with Gasteiger partial charge in [0.2, 0.25) is 0 Å². The molecular formula is C21H51O3P3W. The fourth-order valence-electron chi connectivity index (χ4n) is 2.01. The van der Waals surface area contributed by atoms with Gasteiger partial charge >= 0.3 is 0 Å². The van der Waals surface area contributed by atoms with Crippen molar-refractivity contribution in [1.29, 1.82) is 0 Å². The molecule has 7 heteroatoms. The maximum Gasteiger partial charge on any atom is 0.106 e. The smallest absolute Gasteiger partial charge is 0.106 e. The van der Waals surface area contributed by atoms with Crippen LogP contribution < -0.4 is 0 Å². The van der Waals surface area contributed by atoms with E-state index >= 15 is 0 Å². The van der Waals surface area contributed by atoms with Gasteiger partial charge in [-0.05, 0) is 55.5 Å². The Bertz CT molecular complexity index is 156. The van der Waals surface area contributed by atoms with E-state index in [9.17, 15) is 0 Å². The van der Waals surface area contributed by atoms with Crippen molar-refractivity contribution in [3.8, 4) is 0 Å². The molecule has 0 radical (unpaired) electrons. The van der Waals surface area contributed by atoms with Gasteiger partial charge in [-0.2, -0.15) is 0 Å². The molecule has 0 spiro atoms. The summed E-state index contributed by atoms with van der Waals surface area (Å²) in [5, 5.41) is 0. The Hall–Kier alpha value is 0.988. The van der Waals surface area contributed by atoms with Gasteiger partial charge in [0.1, 0.15) is 20.4 Å². The summed E-state index contributed by atoms with van der Waals surface area (Å²) in [7, 11) is 1.34. The monoisotopic (exact) mass is 628 g/mol. The van der Waals surface area contributed by atoms with Crippen LogP contribution >= 0.6 is 23.8 Å². The number of carbonyl (C=O) groups excluding carboxylic acids is 3. The van der Waals surface area contributed by atoms with Gasteiger partial charge in [0.05, 0.1) is 0 Å². The van der Waals surface area contributed by atoms with E-state index in [1.54, 1.807) is 0 Å². The standard InChI is InChI=1S/3C6H15P.3CH2O.W/c3*1-4-7(5-2)6-3;3*1-2;/h3*4-6H2,1-3H3;3*1H2;. The molecule has 0 unspecified atom stereocenters. The van der Waals surface area contributed by atoms with Crippen molar-refractivity contribution in [1.82, 2.24) is 0 Å². The Kier molecular flexibility index (Phi) is 94.8. The summed E-state index contributed by atoms with van der Waals surface area (Å²) in [5.74, 6) is 0. The average Bonchev–Trinajstić information content (AvgIpc) is 2.77. The molecule has 0 saturated carbocycles. The van der Waals surface area contributed by atoms with Crippen LogP contribution in [-0.4, -0.2) is 75.8 Å². The Morgan fingerprint density at radius 2 is 0.429 bits per heavy atom. The van der Waals surface area contributed by atoms with Crippen molar-refractivity contribution in [2.24, 2.45) is 0 Å². The van der Waals surface area contributed by atoms with Crippen LogP contribution in [0.2, 0.25) is 0 Å². The molecule has 0 fully saturated rings.